The number of rotatable bonds is 2. The standard InChI is InChI=1S/C12H15N3O3/c1-2-10-11(17)14-3-4-15(10)12(18)8-5-9(16)7-13-6-8/h5-7,10,16H,2-4H2,1H3,(H,14,17). The van der Waals surface area contributed by atoms with Crippen LogP contribution in [0.4, 0.5) is 0 Å². The third-order valence-corrected chi connectivity index (χ3v) is 2.95. The van der Waals surface area contributed by atoms with Gasteiger partial charge in [-0.15, -0.1) is 0 Å². The minimum absolute atomic E-state index is 0.0599. The smallest absolute Gasteiger partial charge is 0.256 e. The number of piperazine rings is 1. The van der Waals surface area contributed by atoms with E-state index in [1.807, 2.05) is 6.92 Å². The van der Waals surface area contributed by atoms with E-state index in [-0.39, 0.29) is 17.6 Å². The summed E-state index contributed by atoms with van der Waals surface area (Å²) in [5.74, 6) is -0.472. The maximum absolute atomic E-state index is 12.3. The lowest BCUT2D eigenvalue weighted by Crippen LogP contribution is -2.56. The van der Waals surface area contributed by atoms with Crippen molar-refractivity contribution in [1.82, 2.24) is 15.2 Å². The van der Waals surface area contributed by atoms with E-state index in [1.165, 1.54) is 23.4 Å². The summed E-state index contributed by atoms with van der Waals surface area (Å²) in [6, 6.07) is 0.905. The number of amides is 2. The fraction of sp³-hybridized carbons (Fsp3) is 0.417. The minimum atomic E-state index is -0.450. The van der Waals surface area contributed by atoms with E-state index >= 15 is 0 Å². The second kappa shape index (κ2) is 5.03. The fourth-order valence-electron chi connectivity index (χ4n) is 2.07. The highest BCUT2D eigenvalue weighted by atomic mass is 16.3. The predicted molar refractivity (Wildman–Crippen MR) is 64.0 cm³/mol. The Labute approximate surface area is 105 Å². The van der Waals surface area contributed by atoms with Gasteiger partial charge in [0.25, 0.3) is 5.91 Å². The van der Waals surface area contributed by atoms with Crippen LogP contribution in [0.1, 0.15) is 23.7 Å². The average Bonchev–Trinajstić information content (AvgIpc) is 2.37. The van der Waals surface area contributed by atoms with E-state index < -0.39 is 6.04 Å². The van der Waals surface area contributed by atoms with E-state index in [4.69, 9.17) is 0 Å². The summed E-state index contributed by atoms with van der Waals surface area (Å²) >= 11 is 0. The van der Waals surface area contributed by atoms with Crippen LogP contribution < -0.4 is 5.32 Å². The van der Waals surface area contributed by atoms with E-state index in [2.05, 4.69) is 10.3 Å². The summed E-state index contributed by atoms with van der Waals surface area (Å²) < 4.78 is 0. The first kappa shape index (κ1) is 12.3. The number of hydrogen-bond acceptors (Lipinski definition) is 4. The van der Waals surface area contributed by atoms with Gasteiger partial charge in [-0.1, -0.05) is 6.92 Å². The quantitative estimate of drug-likeness (QED) is 0.781. The van der Waals surface area contributed by atoms with Gasteiger partial charge >= 0.3 is 0 Å². The molecule has 1 fully saturated rings. The molecule has 1 aliphatic rings. The Morgan fingerprint density at radius 3 is 3.06 bits per heavy atom. The second-order valence-corrected chi connectivity index (χ2v) is 4.15. The summed E-state index contributed by atoms with van der Waals surface area (Å²) in [6.07, 6.45) is 3.21. The predicted octanol–water partition coefficient (Wildman–Crippen LogP) is 0.138. The number of nitrogens with one attached hydrogen (secondary N) is 1. The average molecular weight is 249 g/mol. The molecule has 1 aromatic heterocycles. The highest BCUT2D eigenvalue weighted by Crippen LogP contribution is 2.15. The molecule has 2 amide bonds. The maximum atomic E-state index is 12.3. The Morgan fingerprint density at radius 2 is 2.39 bits per heavy atom. The lowest BCUT2D eigenvalue weighted by atomic mass is 10.1. The molecule has 1 unspecified atom stereocenters. The number of aromatic nitrogens is 1. The summed E-state index contributed by atoms with van der Waals surface area (Å²) in [5.41, 5.74) is 0.295. The van der Waals surface area contributed by atoms with Crippen molar-refractivity contribution in [1.29, 1.82) is 0 Å². The molecule has 1 aromatic rings. The van der Waals surface area contributed by atoms with Gasteiger partial charge < -0.3 is 15.3 Å². The molecule has 0 bridgehead atoms. The molecule has 1 atom stereocenters. The van der Waals surface area contributed by atoms with Crippen molar-refractivity contribution in [2.75, 3.05) is 13.1 Å². The molecule has 2 rings (SSSR count). The fourth-order valence-corrected chi connectivity index (χ4v) is 2.07. The molecule has 6 nitrogen and oxygen atoms in total. The molecule has 0 spiro atoms. The molecule has 0 aromatic carbocycles. The van der Waals surface area contributed by atoms with Gasteiger partial charge in [0, 0.05) is 19.3 Å². The van der Waals surface area contributed by atoms with Gasteiger partial charge in [0.1, 0.15) is 11.8 Å². The minimum Gasteiger partial charge on any atom is -0.506 e. The van der Waals surface area contributed by atoms with E-state index in [0.717, 1.165) is 0 Å². The first-order valence-electron chi connectivity index (χ1n) is 5.86. The second-order valence-electron chi connectivity index (χ2n) is 4.15. The highest BCUT2D eigenvalue weighted by molar-refractivity contribution is 5.98. The Kier molecular flexibility index (Phi) is 3.45. The zero-order valence-electron chi connectivity index (χ0n) is 10.1. The summed E-state index contributed by atoms with van der Waals surface area (Å²) in [7, 11) is 0. The number of aromatic hydroxyl groups is 1. The normalized spacial score (nSPS) is 19.5. The molecule has 1 aliphatic heterocycles. The van der Waals surface area contributed by atoms with Crippen molar-refractivity contribution in [3.05, 3.63) is 24.0 Å². The Bertz CT molecular complexity index is 475. The Morgan fingerprint density at radius 1 is 1.61 bits per heavy atom. The molecular formula is C12H15N3O3. The van der Waals surface area contributed by atoms with Crippen molar-refractivity contribution >= 4 is 11.8 Å². The summed E-state index contributed by atoms with van der Waals surface area (Å²) in [5, 5.41) is 12.1. The van der Waals surface area contributed by atoms with Gasteiger partial charge in [0.05, 0.1) is 11.8 Å². The van der Waals surface area contributed by atoms with Crippen LogP contribution in [0.5, 0.6) is 5.75 Å². The van der Waals surface area contributed by atoms with Gasteiger partial charge in [-0.05, 0) is 12.5 Å². The van der Waals surface area contributed by atoms with Gasteiger partial charge in [-0.25, -0.2) is 0 Å². The zero-order valence-corrected chi connectivity index (χ0v) is 10.1. The molecule has 6 heteroatoms. The van der Waals surface area contributed by atoms with Gasteiger partial charge in [0.2, 0.25) is 5.91 Å². The molecular weight excluding hydrogens is 234 g/mol. The summed E-state index contributed by atoms with van der Waals surface area (Å²) in [6.45, 7) is 2.78. The molecule has 0 radical (unpaired) electrons. The number of pyridine rings is 1. The molecule has 2 heterocycles. The van der Waals surface area contributed by atoms with Crippen molar-refractivity contribution in [3.63, 3.8) is 0 Å². The van der Waals surface area contributed by atoms with Crippen LogP contribution in [-0.4, -0.2) is 45.9 Å². The maximum Gasteiger partial charge on any atom is 0.256 e. The third kappa shape index (κ3) is 2.27. The van der Waals surface area contributed by atoms with Crippen molar-refractivity contribution in [2.45, 2.75) is 19.4 Å². The van der Waals surface area contributed by atoms with Crippen LogP contribution >= 0.6 is 0 Å². The lowest BCUT2D eigenvalue weighted by molar-refractivity contribution is -0.127. The van der Waals surface area contributed by atoms with Crippen LogP contribution in [0.3, 0.4) is 0 Å². The van der Waals surface area contributed by atoms with Gasteiger partial charge in [0.15, 0.2) is 0 Å². The lowest BCUT2D eigenvalue weighted by Gasteiger charge is -2.34. The molecule has 1 saturated heterocycles. The van der Waals surface area contributed by atoms with Crippen LogP contribution in [0.25, 0.3) is 0 Å². The van der Waals surface area contributed by atoms with E-state index in [9.17, 15) is 14.7 Å². The first-order chi connectivity index (χ1) is 8.63. The van der Waals surface area contributed by atoms with Crippen LogP contribution in [0, 0.1) is 0 Å². The number of carbonyl (C=O) groups is 2. The van der Waals surface area contributed by atoms with Crippen LogP contribution in [0.2, 0.25) is 0 Å². The van der Waals surface area contributed by atoms with Gasteiger partial charge in [-0.3, -0.25) is 14.6 Å². The third-order valence-electron chi connectivity index (χ3n) is 2.95. The molecule has 0 aliphatic carbocycles. The van der Waals surface area contributed by atoms with Crippen molar-refractivity contribution < 1.29 is 14.7 Å². The number of nitrogens with zero attached hydrogens (tertiary/aromatic N) is 2. The van der Waals surface area contributed by atoms with Crippen molar-refractivity contribution in [2.24, 2.45) is 0 Å². The number of carbonyl (C=O) groups excluding carboxylic acids is 2. The molecule has 18 heavy (non-hydrogen) atoms. The summed E-state index contributed by atoms with van der Waals surface area (Å²) in [4.78, 5) is 29.2. The van der Waals surface area contributed by atoms with Crippen LogP contribution in [-0.2, 0) is 4.79 Å². The van der Waals surface area contributed by atoms with E-state index in [1.54, 1.807) is 0 Å². The Balaban J connectivity index is 2.24. The highest BCUT2D eigenvalue weighted by Gasteiger charge is 2.32. The van der Waals surface area contributed by atoms with Gasteiger partial charge in [-0.2, -0.15) is 0 Å². The topological polar surface area (TPSA) is 82.5 Å². The van der Waals surface area contributed by atoms with Crippen molar-refractivity contribution in [3.8, 4) is 5.75 Å². The first-order valence-corrected chi connectivity index (χ1v) is 5.86. The number of hydrogen-bond donors (Lipinski definition) is 2. The monoisotopic (exact) mass is 249 g/mol. The largest absolute Gasteiger partial charge is 0.506 e. The molecule has 2 N–H and O–H groups in total. The Hall–Kier alpha value is -2.11. The van der Waals surface area contributed by atoms with E-state index in [0.29, 0.717) is 25.1 Å². The van der Waals surface area contributed by atoms with Crippen LogP contribution in [0.15, 0.2) is 18.5 Å². The SMILES string of the molecule is CCC1C(=O)NCCN1C(=O)c1cncc(O)c1. The molecule has 0 saturated carbocycles. The zero-order chi connectivity index (χ0) is 13.1. The molecule has 96 valence electrons.